The van der Waals surface area contributed by atoms with E-state index in [4.69, 9.17) is 25.8 Å². The Kier molecular flexibility index (Phi) is 5.12. The number of hydrogen-bond donors (Lipinski definition) is 1. The molecule has 22 heavy (non-hydrogen) atoms. The quantitative estimate of drug-likeness (QED) is 0.914. The van der Waals surface area contributed by atoms with Gasteiger partial charge in [-0.3, -0.25) is 4.79 Å². The second-order valence-corrected chi connectivity index (χ2v) is 4.81. The molecule has 2 aromatic rings. The van der Waals surface area contributed by atoms with Crippen LogP contribution in [0.2, 0.25) is 5.02 Å². The molecule has 0 radical (unpaired) electrons. The Balaban J connectivity index is 2.39. The number of anilines is 1. The molecule has 6 heteroatoms. The van der Waals surface area contributed by atoms with E-state index in [1.165, 1.54) is 21.3 Å². The van der Waals surface area contributed by atoms with Gasteiger partial charge in [0.15, 0.2) is 0 Å². The first-order valence-corrected chi connectivity index (χ1v) is 6.83. The van der Waals surface area contributed by atoms with Crippen molar-refractivity contribution < 1.29 is 19.0 Å². The van der Waals surface area contributed by atoms with E-state index in [0.717, 1.165) is 0 Å². The number of benzene rings is 2. The first-order chi connectivity index (χ1) is 10.6. The average Bonchev–Trinajstić information content (AvgIpc) is 2.53. The molecule has 0 aliphatic rings. The Morgan fingerprint density at radius 1 is 1.00 bits per heavy atom. The van der Waals surface area contributed by atoms with E-state index in [-0.39, 0.29) is 11.5 Å². The fourth-order valence-electron chi connectivity index (χ4n) is 1.99. The molecule has 2 rings (SSSR count). The van der Waals surface area contributed by atoms with E-state index in [0.29, 0.717) is 28.0 Å². The minimum atomic E-state index is -0.362. The molecule has 0 atom stereocenters. The summed E-state index contributed by atoms with van der Waals surface area (Å²) in [7, 11) is 4.48. The molecule has 0 spiro atoms. The van der Waals surface area contributed by atoms with Crippen LogP contribution in [0.25, 0.3) is 0 Å². The van der Waals surface area contributed by atoms with E-state index >= 15 is 0 Å². The molecule has 0 unspecified atom stereocenters. The van der Waals surface area contributed by atoms with Crippen LogP contribution in [-0.4, -0.2) is 27.2 Å². The number of halogens is 1. The highest BCUT2D eigenvalue weighted by atomic mass is 35.5. The number of nitrogens with one attached hydrogen (secondary N) is 1. The van der Waals surface area contributed by atoms with Crippen LogP contribution in [0, 0.1) is 0 Å². The van der Waals surface area contributed by atoms with E-state index in [9.17, 15) is 4.79 Å². The molecule has 116 valence electrons. The SMILES string of the molecule is COc1cc(OC)c(C(=O)Nc2cccc(Cl)c2)c(OC)c1. The van der Waals surface area contributed by atoms with E-state index in [2.05, 4.69) is 5.32 Å². The van der Waals surface area contributed by atoms with Gasteiger partial charge in [0.05, 0.1) is 21.3 Å². The van der Waals surface area contributed by atoms with Gasteiger partial charge >= 0.3 is 0 Å². The van der Waals surface area contributed by atoms with Crippen molar-refractivity contribution in [3.8, 4) is 17.2 Å². The van der Waals surface area contributed by atoms with E-state index in [1.807, 2.05) is 0 Å². The first kappa shape index (κ1) is 16.0. The summed E-state index contributed by atoms with van der Waals surface area (Å²) in [4.78, 5) is 12.5. The van der Waals surface area contributed by atoms with Gasteiger partial charge in [0.1, 0.15) is 22.8 Å². The van der Waals surface area contributed by atoms with Gasteiger partial charge in [-0.2, -0.15) is 0 Å². The number of rotatable bonds is 5. The standard InChI is InChI=1S/C16H16ClNO4/c1-20-12-8-13(21-2)15(14(9-12)22-3)16(19)18-11-6-4-5-10(17)7-11/h4-9H,1-3H3,(H,18,19). The van der Waals surface area contributed by atoms with Crippen LogP contribution in [0.3, 0.4) is 0 Å². The zero-order valence-corrected chi connectivity index (χ0v) is 13.2. The Morgan fingerprint density at radius 3 is 2.14 bits per heavy atom. The molecule has 0 fully saturated rings. The van der Waals surface area contributed by atoms with Crippen molar-refractivity contribution in [3.63, 3.8) is 0 Å². The lowest BCUT2D eigenvalue weighted by atomic mass is 10.1. The number of amides is 1. The van der Waals surface area contributed by atoms with Crippen LogP contribution in [-0.2, 0) is 0 Å². The van der Waals surface area contributed by atoms with Gasteiger partial charge in [0, 0.05) is 22.8 Å². The van der Waals surface area contributed by atoms with E-state index in [1.54, 1.807) is 36.4 Å². The highest BCUT2D eigenvalue weighted by Gasteiger charge is 2.20. The van der Waals surface area contributed by atoms with Gasteiger partial charge in [-0.05, 0) is 18.2 Å². The van der Waals surface area contributed by atoms with Crippen molar-refractivity contribution in [1.29, 1.82) is 0 Å². The summed E-state index contributed by atoms with van der Waals surface area (Å²) in [5.74, 6) is 0.887. The summed E-state index contributed by atoms with van der Waals surface area (Å²) >= 11 is 5.91. The van der Waals surface area contributed by atoms with Crippen LogP contribution < -0.4 is 19.5 Å². The summed E-state index contributed by atoms with van der Waals surface area (Å²) in [5, 5.41) is 3.30. The molecule has 0 saturated carbocycles. The Labute approximate surface area is 133 Å². The maximum Gasteiger partial charge on any atom is 0.263 e. The average molecular weight is 322 g/mol. The third-order valence-electron chi connectivity index (χ3n) is 3.02. The minimum absolute atomic E-state index is 0.283. The van der Waals surface area contributed by atoms with Crippen molar-refractivity contribution >= 4 is 23.2 Å². The molecule has 0 aliphatic heterocycles. The molecule has 2 aromatic carbocycles. The Bertz CT molecular complexity index is 663. The normalized spacial score (nSPS) is 10.0. The smallest absolute Gasteiger partial charge is 0.263 e. The predicted molar refractivity (Wildman–Crippen MR) is 85.5 cm³/mol. The van der Waals surface area contributed by atoms with Crippen LogP contribution >= 0.6 is 11.6 Å². The zero-order valence-electron chi connectivity index (χ0n) is 12.5. The number of carbonyl (C=O) groups excluding carboxylic acids is 1. The monoisotopic (exact) mass is 321 g/mol. The van der Waals surface area contributed by atoms with Gasteiger partial charge < -0.3 is 19.5 Å². The van der Waals surface area contributed by atoms with Crippen LogP contribution in [0.5, 0.6) is 17.2 Å². The van der Waals surface area contributed by atoms with Crippen molar-refractivity contribution in [1.82, 2.24) is 0 Å². The predicted octanol–water partition coefficient (Wildman–Crippen LogP) is 3.62. The third kappa shape index (κ3) is 3.43. The van der Waals surface area contributed by atoms with Crippen molar-refractivity contribution in [2.45, 2.75) is 0 Å². The lowest BCUT2D eigenvalue weighted by Crippen LogP contribution is -2.14. The lowest BCUT2D eigenvalue weighted by molar-refractivity contribution is 0.102. The van der Waals surface area contributed by atoms with Crippen molar-refractivity contribution in [2.75, 3.05) is 26.6 Å². The molecular formula is C16H16ClNO4. The number of methoxy groups -OCH3 is 3. The van der Waals surface area contributed by atoms with Crippen molar-refractivity contribution in [3.05, 3.63) is 47.0 Å². The highest BCUT2D eigenvalue weighted by molar-refractivity contribution is 6.31. The summed E-state index contributed by atoms with van der Waals surface area (Å²) in [6, 6.07) is 10.1. The molecule has 5 nitrogen and oxygen atoms in total. The molecule has 0 bridgehead atoms. The second-order valence-electron chi connectivity index (χ2n) is 4.37. The largest absolute Gasteiger partial charge is 0.496 e. The maximum absolute atomic E-state index is 12.5. The van der Waals surface area contributed by atoms with Gasteiger partial charge in [-0.1, -0.05) is 17.7 Å². The molecule has 0 aromatic heterocycles. The number of ether oxygens (including phenoxy) is 3. The topological polar surface area (TPSA) is 56.8 Å². The number of hydrogen-bond acceptors (Lipinski definition) is 4. The summed E-state index contributed by atoms with van der Waals surface area (Å²) in [6.45, 7) is 0. The summed E-state index contributed by atoms with van der Waals surface area (Å²) in [5.41, 5.74) is 0.864. The summed E-state index contributed by atoms with van der Waals surface area (Å²) in [6.07, 6.45) is 0. The zero-order chi connectivity index (χ0) is 16.1. The third-order valence-corrected chi connectivity index (χ3v) is 3.26. The maximum atomic E-state index is 12.5. The first-order valence-electron chi connectivity index (χ1n) is 6.46. The van der Waals surface area contributed by atoms with Crippen molar-refractivity contribution in [2.24, 2.45) is 0 Å². The molecule has 1 N–H and O–H groups in total. The number of carbonyl (C=O) groups is 1. The van der Waals surface area contributed by atoms with Crippen LogP contribution in [0.15, 0.2) is 36.4 Å². The highest BCUT2D eigenvalue weighted by Crippen LogP contribution is 2.34. The molecule has 1 amide bonds. The Hall–Kier alpha value is -2.40. The Morgan fingerprint density at radius 2 is 1.64 bits per heavy atom. The summed E-state index contributed by atoms with van der Waals surface area (Å²) < 4.78 is 15.7. The molecule has 0 saturated heterocycles. The van der Waals surface area contributed by atoms with Gasteiger partial charge in [-0.15, -0.1) is 0 Å². The molecular weight excluding hydrogens is 306 g/mol. The van der Waals surface area contributed by atoms with E-state index < -0.39 is 0 Å². The fraction of sp³-hybridized carbons (Fsp3) is 0.188. The van der Waals surface area contributed by atoms with Gasteiger partial charge in [0.25, 0.3) is 5.91 Å². The second kappa shape index (κ2) is 7.04. The molecule has 0 heterocycles. The lowest BCUT2D eigenvalue weighted by Gasteiger charge is -2.15. The molecule has 0 aliphatic carbocycles. The fourth-order valence-corrected chi connectivity index (χ4v) is 2.18. The van der Waals surface area contributed by atoms with Crippen LogP contribution in [0.1, 0.15) is 10.4 Å². The minimum Gasteiger partial charge on any atom is -0.496 e. The van der Waals surface area contributed by atoms with Gasteiger partial charge in [0.2, 0.25) is 0 Å². The van der Waals surface area contributed by atoms with Gasteiger partial charge in [-0.25, -0.2) is 0 Å². The van der Waals surface area contributed by atoms with Crippen LogP contribution in [0.4, 0.5) is 5.69 Å².